The fourth-order valence-corrected chi connectivity index (χ4v) is 8.59. The van der Waals surface area contributed by atoms with Gasteiger partial charge >= 0.3 is 0 Å². The van der Waals surface area contributed by atoms with Crippen LogP contribution in [0.15, 0.2) is 175 Å². The number of benzene rings is 6. The molecule has 9 rings (SSSR count). The van der Waals surface area contributed by atoms with Crippen LogP contribution in [0.4, 0.5) is 0 Å². The molecule has 1 aliphatic carbocycles. The van der Waals surface area contributed by atoms with Crippen molar-refractivity contribution in [2.45, 2.75) is 16.6 Å². The monoisotopic (exact) mass is 647 g/mol. The van der Waals surface area contributed by atoms with Gasteiger partial charge in [0.15, 0.2) is 0 Å². The highest BCUT2D eigenvalue weighted by molar-refractivity contribution is 8.01. The molecule has 49 heavy (non-hydrogen) atoms. The first-order chi connectivity index (χ1) is 24.2. The van der Waals surface area contributed by atoms with Crippen LogP contribution in [0, 0.1) is 5.41 Å². The van der Waals surface area contributed by atoms with Gasteiger partial charge in [0.05, 0.1) is 22.4 Å². The molecule has 7 aromatic rings. The fraction of sp³-hybridized carbons (Fsp3) is 0.0444. The van der Waals surface area contributed by atoms with Crippen molar-refractivity contribution in [3.63, 3.8) is 0 Å². The van der Waals surface area contributed by atoms with E-state index < -0.39 is 0 Å². The lowest BCUT2D eigenvalue weighted by molar-refractivity contribution is 1.06. The van der Waals surface area contributed by atoms with Crippen LogP contribution < -0.4 is 5.43 Å². The summed E-state index contributed by atoms with van der Waals surface area (Å²) in [6.45, 7) is 0. The van der Waals surface area contributed by atoms with Gasteiger partial charge in [0.1, 0.15) is 0 Å². The highest BCUT2D eigenvalue weighted by Crippen LogP contribution is 2.53. The number of hydrogen-bond acceptors (Lipinski definition) is 3. The number of nitrogens with one attached hydrogen (secondary N) is 2. The lowest BCUT2D eigenvalue weighted by atomic mass is 9.90. The molecule has 0 saturated carbocycles. The van der Waals surface area contributed by atoms with Crippen LogP contribution in [-0.4, -0.2) is 15.6 Å². The van der Waals surface area contributed by atoms with E-state index in [0.29, 0.717) is 11.0 Å². The zero-order valence-electron chi connectivity index (χ0n) is 26.8. The lowest BCUT2D eigenvalue weighted by Gasteiger charge is -2.17. The number of allylic oxidation sites excluding steroid dienone is 4. The minimum atomic E-state index is 0.392. The standard InChI is InChI=1S/C45H33N3S/c46-39(32-17-9-3-10-18-32)29-40(33-19-11-4-12-20-33)47-48-41-24-21-34(30-13-5-1-6-14-30)28-38(41)44-42(48)25-23-36-37-27-35(31-15-7-2-8-16-31)22-26-43(37)49-45(36)44/h1-25,27-29,43,46-47H,26H2/b40-29-,46-39?. The lowest BCUT2D eigenvalue weighted by Crippen LogP contribution is -2.14. The second kappa shape index (κ2) is 12.3. The van der Waals surface area contributed by atoms with Gasteiger partial charge in [0, 0.05) is 20.9 Å². The molecule has 0 fully saturated rings. The summed E-state index contributed by atoms with van der Waals surface area (Å²) in [6.07, 6.45) is 7.76. The maximum Gasteiger partial charge on any atom is 0.0721 e. The first kappa shape index (κ1) is 29.3. The van der Waals surface area contributed by atoms with Crippen LogP contribution in [0.1, 0.15) is 28.7 Å². The minimum Gasteiger partial charge on any atom is -0.300 e. The minimum absolute atomic E-state index is 0.392. The first-order valence-corrected chi connectivity index (χ1v) is 17.6. The first-order valence-electron chi connectivity index (χ1n) is 16.7. The summed E-state index contributed by atoms with van der Waals surface area (Å²) in [6, 6.07) is 53.0. The molecule has 0 bridgehead atoms. The van der Waals surface area contributed by atoms with E-state index in [1.165, 1.54) is 49.1 Å². The van der Waals surface area contributed by atoms with Crippen LogP contribution in [0.3, 0.4) is 0 Å². The smallest absolute Gasteiger partial charge is 0.0721 e. The molecule has 0 radical (unpaired) electrons. The van der Waals surface area contributed by atoms with E-state index in [4.69, 9.17) is 5.41 Å². The largest absolute Gasteiger partial charge is 0.300 e. The van der Waals surface area contributed by atoms with Gasteiger partial charge in [-0.25, -0.2) is 0 Å². The second-order valence-corrected chi connectivity index (χ2v) is 13.8. The van der Waals surface area contributed by atoms with Crippen molar-refractivity contribution < 1.29 is 0 Å². The molecule has 234 valence electrons. The summed E-state index contributed by atoms with van der Waals surface area (Å²) in [7, 11) is 0. The third-order valence-corrected chi connectivity index (χ3v) is 11.0. The molecule has 1 atom stereocenters. The zero-order chi connectivity index (χ0) is 32.7. The van der Waals surface area contributed by atoms with Gasteiger partial charge in [0.2, 0.25) is 0 Å². The Morgan fingerprint density at radius 3 is 2.02 bits per heavy atom. The van der Waals surface area contributed by atoms with E-state index >= 15 is 0 Å². The number of fused-ring (bicyclic) bond motifs is 7. The highest BCUT2D eigenvalue weighted by Gasteiger charge is 2.32. The van der Waals surface area contributed by atoms with Crippen molar-refractivity contribution in [1.82, 2.24) is 4.68 Å². The quantitative estimate of drug-likeness (QED) is 0.169. The molecular formula is C45H33N3S. The van der Waals surface area contributed by atoms with Crippen LogP contribution in [0.2, 0.25) is 0 Å². The number of nitrogens with zero attached hydrogens (tertiary/aromatic N) is 1. The van der Waals surface area contributed by atoms with Crippen LogP contribution in [0.25, 0.3) is 49.8 Å². The van der Waals surface area contributed by atoms with E-state index in [-0.39, 0.29) is 0 Å². The predicted octanol–water partition coefficient (Wildman–Crippen LogP) is 11.5. The van der Waals surface area contributed by atoms with Gasteiger partial charge in [-0.1, -0.05) is 140 Å². The summed E-state index contributed by atoms with van der Waals surface area (Å²) >= 11 is 2.00. The van der Waals surface area contributed by atoms with Crippen LogP contribution >= 0.6 is 11.8 Å². The predicted molar refractivity (Wildman–Crippen MR) is 209 cm³/mol. The summed E-state index contributed by atoms with van der Waals surface area (Å²) in [5, 5.41) is 11.9. The van der Waals surface area contributed by atoms with Crippen molar-refractivity contribution in [1.29, 1.82) is 5.41 Å². The molecule has 0 spiro atoms. The Morgan fingerprint density at radius 2 is 1.31 bits per heavy atom. The molecule has 0 amide bonds. The van der Waals surface area contributed by atoms with Crippen molar-refractivity contribution in [3.05, 3.63) is 192 Å². The number of aromatic nitrogens is 1. The van der Waals surface area contributed by atoms with Crippen LogP contribution in [0.5, 0.6) is 0 Å². The van der Waals surface area contributed by atoms with Gasteiger partial charge in [-0.15, -0.1) is 11.8 Å². The number of rotatable bonds is 7. The summed E-state index contributed by atoms with van der Waals surface area (Å²) in [5.41, 5.74) is 16.9. The Labute approximate surface area is 290 Å². The zero-order valence-corrected chi connectivity index (χ0v) is 27.6. The van der Waals surface area contributed by atoms with Gasteiger partial charge in [-0.2, -0.15) is 0 Å². The number of hydrogen-bond donors (Lipinski definition) is 2. The maximum absolute atomic E-state index is 9.02. The van der Waals surface area contributed by atoms with E-state index in [2.05, 4.69) is 125 Å². The Hall–Kier alpha value is -5.84. The average molecular weight is 648 g/mol. The van der Waals surface area contributed by atoms with Gasteiger partial charge in [-0.05, 0) is 81.3 Å². The molecule has 2 N–H and O–H groups in total. The SMILES string of the molecule is N=C(/C=C(\Nn1c2ccc(-c3ccccc3)cc2c2c3c(ccc21)C1=CC(c2ccccc2)=CCC1S3)c1ccccc1)c1ccccc1. The summed E-state index contributed by atoms with van der Waals surface area (Å²) < 4.78 is 2.22. The maximum atomic E-state index is 9.02. The fourth-order valence-electron chi connectivity index (χ4n) is 7.14. The second-order valence-electron chi connectivity index (χ2n) is 12.6. The van der Waals surface area contributed by atoms with E-state index in [0.717, 1.165) is 34.3 Å². The molecular weight excluding hydrogens is 615 g/mol. The van der Waals surface area contributed by atoms with Crippen molar-refractivity contribution in [3.8, 4) is 11.1 Å². The topological polar surface area (TPSA) is 40.8 Å². The molecule has 2 heterocycles. The van der Waals surface area contributed by atoms with Crippen molar-refractivity contribution in [2.24, 2.45) is 0 Å². The summed E-state index contributed by atoms with van der Waals surface area (Å²) in [5.74, 6) is 0. The molecule has 0 saturated heterocycles. The van der Waals surface area contributed by atoms with Crippen molar-refractivity contribution in [2.75, 3.05) is 5.43 Å². The highest BCUT2D eigenvalue weighted by atomic mass is 32.2. The average Bonchev–Trinajstić information content (AvgIpc) is 3.70. The van der Waals surface area contributed by atoms with E-state index in [1.807, 2.05) is 66.4 Å². The Bertz CT molecular complexity index is 2460. The van der Waals surface area contributed by atoms with E-state index in [1.54, 1.807) is 0 Å². The molecule has 6 aromatic carbocycles. The molecule has 1 aromatic heterocycles. The van der Waals surface area contributed by atoms with Gasteiger partial charge < -0.3 is 5.41 Å². The molecule has 2 aliphatic rings. The summed E-state index contributed by atoms with van der Waals surface area (Å²) in [4.78, 5) is 1.34. The van der Waals surface area contributed by atoms with Crippen LogP contribution in [-0.2, 0) is 0 Å². The normalized spacial score (nSPS) is 15.4. The Kier molecular flexibility index (Phi) is 7.37. The van der Waals surface area contributed by atoms with E-state index in [9.17, 15) is 0 Å². The van der Waals surface area contributed by atoms with Gasteiger partial charge in [0.25, 0.3) is 0 Å². The Morgan fingerprint density at radius 1 is 0.673 bits per heavy atom. The van der Waals surface area contributed by atoms with Crippen molar-refractivity contribution >= 4 is 56.1 Å². The Balaban J connectivity index is 1.24. The molecule has 1 aliphatic heterocycles. The molecule has 1 unspecified atom stereocenters. The third kappa shape index (κ3) is 5.31. The molecule has 3 nitrogen and oxygen atoms in total. The van der Waals surface area contributed by atoms with Gasteiger partial charge in [-0.3, -0.25) is 10.1 Å². The third-order valence-electron chi connectivity index (χ3n) is 9.57. The number of thioether (sulfide) groups is 1. The molecule has 4 heteroatoms.